The van der Waals surface area contributed by atoms with E-state index in [2.05, 4.69) is 25.6 Å². The Morgan fingerprint density at radius 3 is 2.65 bits per heavy atom. The van der Waals surface area contributed by atoms with E-state index in [1.807, 2.05) is 0 Å². The fourth-order valence-corrected chi connectivity index (χ4v) is 3.71. The molecule has 1 saturated heterocycles. The maximum absolute atomic E-state index is 12.9. The Kier molecular flexibility index (Phi) is 6.08. The lowest BCUT2D eigenvalue weighted by Gasteiger charge is -2.31. The molecule has 1 aromatic rings. The molecule has 0 bridgehead atoms. The first-order chi connectivity index (χ1) is 15.0. The second-order valence-corrected chi connectivity index (χ2v) is 7.91. The summed E-state index contributed by atoms with van der Waals surface area (Å²) in [7, 11) is 1.27. The van der Waals surface area contributed by atoms with Gasteiger partial charge in [0.05, 0.1) is 42.9 Å². The quantitative estimate of drug-likeness (QED) is 0.572. The molecule has 4 rings (SSSR count). The maximum atomic E-state index is 12.9. The Morgan fingerprint density at radius 2 is 1.97 bits per heavy atom. The number of nitrogens with one attached hydrogen (secondary N) is 3. The van der Waals surface area contributed by atoms with Gasteiger partial charge in [-0.25, -0.2) is 0 Å². The van der Waals surface area contributed by atoms with Gasteiger partial charge in [0.15, 0.2) is 0 Å². The number of esters is 1. The minimum atomic E-state index is -0.865. The largest absolute Gasteiger partial charge is 0.469 e. The van der Waals surface area contributed by atoms with E-state index in [0.29, 0.717) is 48.9 Å². The van der Waals surface area contributed by atoms with Crippen molar-refractivity contribution in [3.63, 3.8) is 0 Å². The Balaban J connectivity index is 1.63. The van der Waals surface area contributed by atoms with E-state index in [-0.39, 0.29) is 24.7 Å². The summed E-state index contributed by atoms with van der Waals surface area (Å²) >= 11 is 0. The summed E-state index contributed by atoms with van der Waals surface area (Å²) in [6.07, 6.45) is 1.86. The van der Waals surface area contributed by atoms with Crippen molar-refractivity contribution in [2.45, 2.75) is 31.7 Å². The number of fused-ring (bicyclic) bond motifs is 1. The number of rotatable bonds is 6. The lowest BCUT2D eigenvalue weighted by atomic mass is 10.1. The molecule has 0 radical (unpaired) electrons. The summed E-state index contributed by atoms with van der Waals surface area (Å²) in [6.45, 7) is 2.35. The van der Waals surface area contributed by atoms with Crippen molar-refractivity contribution >= 4 is 40.8 Å². The van der Waals surface area contributed by atoms with Gasteiger partial charge in [0.2, 0.25) is 11.8 Å². The van der Waals surface area contributed by atoms with Crippen LogP contribution in [0.5, 0.6) is 0 Å². The predicted octanol–water partition coefficient (Wildman–Crippen LogP) is 0.875. The molecular weight excluding hydrogens is 404 g/mol. The third-order valence-electron chi connectivity index (χ3n) is 5.68. The van der Waals surface area contributed by atoms with Crippen molar-refractivity contribution in [3.05, 3.63) is 17.7 Å². The monoisotopic (exact) mass is 430 g/mol. The Morgan fingerprint density at radius 1 is 1.23 bits per heavy atom. The molecule has 3 aliphatic rings. The fourth-order valence-electron chi connectivity index (χ4n) is 3.71. The molecule has 1 saturated carbocycles. The van der Waals surface area contributed by atoms with Crippen LogP contribution in [0.15, 0.2) is 12.1 Å². The normalized spacial score (nSPS) is 20.8. The summed E-state index contributed by atoms with van der Waals surface area (Å²) in [6, 6.07) is 2.47. The van der Waals surface area contributed by atoms with Crippen LogP contribution in [0.4, 0.5) is 17.1 Å². The average Bonchev–Trinajstić information content (AvgIpc) is 3.62. The van der Waals surface area contributed by atoms with Crippen molar-refractivity contribution in [1.29, 1.82) is 0 Å². The van der Waals surface area contributed by atoms with E-state index in [4.69, 9.17) is 4.74 Å². The van der Waals surface area contributed by atoms with Crippen LogP contribution in [-0.2, 0) is 23.9 Å². The number of morpholine rings is 1. The molecule has 10 nitrogen and oxygen atoms in total. The maximum Gasteiger partial charge on any atom is 0.305 e. The van der Waals surface area contributed by atoms with Gasteiger partial charge < -0.3 is 30.3 Å². The third kappa shape index (κ3) is 4.79. The number of hydrogen-bond acceptors (Lipinski definition) is 7. The van der Waals surface area contributed by atoms with Crippen molar-refractivity contribution in [2.75, 3.05) is 48.9 Å². The van der Waals surface area contributed by atoms with Gasteiger partial charge in [-0.05, 0) is 31.4 Å². The zero-order valence-electron chi connectivity index (χ0n) is 17.4. The molecule has 0 aromatic heterocycles. The zero-order valence-corrected chi connectivity index (χ0v) is 17.4. The first-order valence-corrected chi connectivity index (χ1v) is 10.5. The molecular formula is C21H26N4O6. The molecule has 0 unspecified atom stereocenters. The van der Waals surface area contributed by atoms with Crippen LogP contribution in [0.2, 0.25) is 0 Å². The van der Waals surface area contributed by atoms with Gasteiger partial charge in [-0.15, -0.1) is 0 Å². The second kappa shape index (κ2) is 8.93. The first kappa shape index (κ1) is 21.1. The molecule has 1 atom stereocenters. The number of nitrogens with zero attached hydrogens (tertiary/aromatic N) is 1. The van der Waals surface area contributed by atoms with Gasteiger partial charge >= 0.3 is 5.97 Å². The van der Waals surface area contributed by atoms with E-state index in [9.17, 15) is 19.2 Å². The summed E-state index contributed by atoms with van der Waals surface area (Å²) in [5.41, 5.74) is 1.90. The van der Waals surface area contributed by atoms with Gasteiger partial charge in [0, 0.05) is 25.4 Å². The number of benzene rings is 1. The standard InChI is InChI=1S/C21H26N4O6/c1-30-18(26)5-4-14-21(29)23-15-11-16(24-19(27)12-2-3-12)17(10-13(15)20(28)22-14)25-6-8-31-9-7-25/h10-12,14H,2-9H2,1H3,(H,22,28)(H,23,29)(H,24,27)/t14-/m1/s1. The van der Waals surface area contributed by atoms with Crippen LogP contribution in [0.25, 0.3) is 0 Å². The molecule has 0 spiro atoms. The van der Waals surface area contributed by atoms with Crippen molar-refractivity contribution < 1.29 is 28.7 Å². The number of ether oxygens (including phenoxy) is 2. The van der Waals surface area contributed by atoms with E-state index < -0.39 is 23.8 Å². The van der Waals surface area contributed by atoms with Crippen LogP contribution in [-0.4, -0.2) is 63.1 Å². The molecule has 1 aliphatic carbocycles. The molecule has 2 heterocycles. The van der Waals surface area contributed by atoms with Crippen molar-refractivity contribution in [1.82, 2.24) is 5.32 Å². The van der Waals surface area contributed by atoms with Crippen LogP contribution < -0.4 is 20.9 Å². The summed E-state index contributed by atoms with van der Waals surface area (Å²) in [5.74, 6) is -1.34. The van der Waals surface area contributed by atoms with Crippen molar-refractivity contribution in [2.24, 2.45) is 5.92 Å². The Bertz CT molecular complexity index is 907. The molecule has 166 valence electrons. The number of anilines is 3. The highest BCUT2D eigenvalue weighted by Crippen LogP contribution is 2.37. The number of amides is 3. The van der Waals surface area contributed by atoms with Crippen LogP contribution >= 0.6 is 0 Å². The Hall–Kier alpha value is -3.14. The Labute approximate surface area is 179 Å². The lowest BCUT2D eigenvalue weighted by Crippen LogP contribution is -2.41. The highest BCUT2D eigenvalue weighted by Gasteiger charge is 2.33. The van der Waals surface area contributed by atoms with Crippen LogP contribution in [0.1, 0.15) is 36.0 Å². The summed E-state index contributed by atoms with van der Waals surface area (Å²) in [5, 5.41) is 8.42. The van der Waals surface area contributed by atoms with Gasteiger partial charge in [0.1, 0.15) is 6.04 Å². The highest BCUT2D eigenvalue weighted by atomic mass is 16.5. The smallest absolute Gasteiger partial charge is 0.305 e. The van der Waals surface area contributed by atoms with Gasteiger partial charge in [-0.2, -0.15) is 0 Å². The molecule has 10 heteroatoms. The minimum absolute atomic E-state index is 0.00688. The molecule has 31 heavy (non-hydrogen) atoms. The first-order valence-electron chi connectivity index (χ1n) is 10.5. The topological polar surface area (TPSA) is 126 Å². The van der Waals surface area contributed by atoms with Gasteiger partial charge in [0.25, 0.3) is 5.91 Å². The third-order valence-corrected chi connectivity index (χ3v) is 5.68. The second-order valence-electron chi connectivity index (χ2n) is 7.91. The minimum Gasteiger partial charge on any atom is -0.469 e. The molecule has 3 N–H and O–H groups in total. The molecule has 2 fully saturated rings. The number of carbonyl (C=O) groups excluding carboxylic acids is 4. The summed E-state index contributed by atoms with van der Waals surface area (Å²) in [4.78, 5) is 51.5. The molecule has 1 aromatic carbocycles. The van der Waals surface area contributed by atoms with E-state index in [1.54, 1.807) is 12.1 Å². The SMILES string of the molecule is COC(=O)CC[C@H]1NC(=O)c2cc(N3CCOCC3)c(NC(=O)C3CC3)cc2NC1=O. The lowest BCUT2D eigenvalue weighted by molar-refractivity contribution is -0.140. The van der Waals surface area contributed by atoms with Crippen LogP contribution in [0.3, 0.4) is 0 Å². The van der Waals surface area contributed by atoms with E-state index >= 15 is 0 Å². The number of hydrogen-bond donors (Lipinski definition) is 3. The van der Waals surface area contributed by atoms with Crippen molar-refractivity contribution in [3.8, 4) is 0 Å². The predicted molar refractivity (Wildman–Crippen MR) is 112 cm³/mol. The number of carbonyl (C=O) groups is 4. The fraction of sp³-hybridized carbons (Fsp3) is 0.524. The zero-order chi connectivity index (χ0) is 22.0. The number of methoxy groups -OCH3 is 1. The molecule has 2 aliphatic heterocycles. The van der Waals surface area contributed by atoms with Gasteiger partial charge in [-0.1, -0.05) is 0 Å². The highest BCUT2D eigenvalue weighted by molar-refractivity contribution is 6.12. The summed E-state index contributed by atoms with van der Waals surface area (Å²) < 4.78 is 10.0. The van der Waals surface area contributed by atoms with Gasteiger partial charge in [-0.3, -0.25) is 19.2 Å². The average molecular weight is 430 g/mol. The van der Waals surface area contributed by atoms with E-state index in [1.165, 1.54) is 7.11 Å². The molecule has 3 amide bonds. The van der Waals surface area contributed by atoms with E-state index in [0.717, 1.165) is 12.8 Å². The van der Waals surface area contributed by atoms with Crippen LogP contribution in [0, 0.1) is 5.92 Å².